The van der Waals surface area contributed by atoms with E-state index < -0.39 is 0 Å². The first-order valence-electron chi connectivity index (χ1n) is 5.14. The summed E-state index contributed by atoms with van der Waals surface area (Å²) in [4.78, 5) is 11.7. The van der Waals surface area contributed by atoms with Crippen LogP contribution in [0.15, 0.2) is 10.5 Å². The second-order valence-corrected chi connectivity index (χ2v) is 4.18. The Bertz CT molecular complexity index is 349. The lowest BCUT2D eigenvalue weighted by Gasteiger charge is -2.04. The van der Waals surface area contributed by atoms with Crippen LogP contribution in [0.5, 0.6) is 0 Å². The lowest BCUT2D eigenvalue weighted by molar-refractivity contribution is 0.0922. The van der Waals surface area contributed by atoms with Crippen molar-refractivity contribution in [2.45, 2.75) is 13.8 Å². The van der Waals surface area contributed by atoms with Crippen molar-refractivity contribution in [2.75, 3.05) is 25.1 Å². The lowest BCUT2D eigenvalue weighted by Crippen LogP contribution is -2.27. The molecule has 0 aromatic carbocycles. The number of ether oxygens (including phenoxy) is 1. The van der Waals surface area contributed by atoms with Crippen LogP contribution < -0.4 is 5.32 Å². The number of furan rings is 1. The fourth-order valence-corrected chi connectivity index (χ4v) is 1.57. The van der Waals surface area contributed by atoms with Crippen molar-refractivity contribution in [1.82, 2.24) is 5.32 Å². The third-order valence-electron chi connectivity index (χ3n) is 2.04. The summed E-state index contributed by atoms with van der Waals surface area (Å²) in [5.41, 5.74) is 0.595. The molecule has 1 aromatic heterocycles. The van der Waals surface area contributed by atoms with Crippen molar-refractivity contribution in [3.05, 3.63) is 23.2 Å². The summed E-state index contributed by atoms with van der Waals surface area (Å²) in [6.07, 6.45) is 0. The Balaban J connectivity index is 2.33. The molecular formula is C11H16BrNO3. The molecule has 0 saturated carbocycles. The Morgan fingerprint density at radius 2 is 2.25 bits per heavy atom. The molecule has 0 unspecified atom stereocenters. The summed E-state index contributed by atoms with van der Waals surface area (Å²) in [6, 6.07) is 1.74. The zero-order chi connectivity index (χ0) is 12.0. The number of halogens is 1. The highest BCUT2D eigenvalue weighted by Crippen LogP contribution is 2.12. The summed E-state index contributed by atoms with van der Waals surface area (Å²) in [5.74, 6) is 1.28. The Morgan fingerprint density at radius 1 is 1.50 bits per heavy atom. The van der Waals surface area contributed by atoms with Crippen molar-refractivity contribution in [2.24, 2.45) is 0 Å². The first-order valence-corrected chi connectivity index (χ1v) is 6.26. The molecule has 0 bridgehead atoms. The van der Waals surface area contributed by atoms with Gasteiger partial charge in [0.2, 0.25) is 0 Å². The number of aryl methyl sites for hydroxylation is 2. The molecule has 90 valence electrons. The van der Waals surface area contributed by atoms with Gasteiger partial charge in [0, 0.05) is 11.9 Å². The highest BCUT2D eigenvalue weighted by atomic mass is 79.9. The SMILES string of the molecule is Cc1cc(C(=O)NCCOCCBr)c(C)o1. The van der Waals surface area contributed by atoms with Gasteiger partial charge < -0.3 is 14.5 Å². The summed E-state index contributed by atoms with van der Waals surface area (Å²) < 4.78 is 10.5. The summed E-state index contributed by atoms with van der Waals surface area (Å²) >= 11 is 3.25. The molecule has 1 heterocycles. The van der Waals surface area contributed by atoms with E-state index in [4.69, 9.17) is 9.15 Å². The van der Waals surface area contributed by atoms with Gasteiger partial charge in [0.05, 0.1) is 18.8 Å². The largest absolute Gasteiger partial charge is 0.466 e. The van der Waals surface area contributed by atoms with Crippen molar-refractivity contribution in [3.8, 4) is 0 Å². The molecule has 4 nitrogen and oxygen atoms in total. The minimum Gasteiger partial charge on any atom is -0.466 e. The van der Waals surface area contributed by atoms with Gasteiger partial charge in [0.25, 0.3) is 5.91 Å². The fourth-order valence-electron chi connectivity index (χ4n) is 1.34. The fraction of sp³-hybridized carbons (Fsp3) is 0.545. The van der Waals surface area contributed by atoms with Crippen LogP contribution in [0.1, 0.15) is 21.9 Å². The van der Waals surface area contributed by atoms with Gasteiger partial charge in [-0.2, -0.15) is 0 Å². The average Bonchev–Trinajstić information content (AvgIpc) is 2.57. The van der Waals surface area contributed by atoms with Crippen molar-refractivity contribution < 1.29 is 13.9 Å². The van der Waals surface area contributed by atoms with Crippen LogP contribution in [-0.2, 0) is 4.74 Å². The lowest BCUT2D eigenvalue weighted by atomic mass is 10.2. The van der Waals surface area contributed by atoms with Crippen LogP contribution in [-0.4, -0.2) is 31.0 Å². The summed E-state index contributed by atoms with van der Waals surface area (Å²) in [6.45, 7) is 5.29. The molecule has 0 spiro atoms. The van der Waals surface area contributed by atoms with Crippen LogP contribution in [0.25, 0.3) is 0 Å². The first-order chi connectivity index (χ1) is 7.65. The van der Waals surface area contributed by atoms with E-state index in [9.17, 15) is 4.79 Å². The molecule has 1 amide bonds. The van der Waals surface area contributed by atoms with Crippen molar-refractivity contribution in [3.63, 3.8) is 0 Å². The van der Waals surface area contributed by atoms with Crippen LogP contribution in [0.4, 0.5) is 0 Å². The van der Waals surface area contributed by atoms with Crippen LogP contribution >= 0.6 is 15.9 Å². The zero-order valence-corrected chi connectivity index (χ0v) is 11.1. The number of nitrogens with one attached hydrogen (secondary N) is 1. The van der Waals surface area contributed by atoms with E-state index in [0.717, 1.165) is 11.1 Å². The number of rotatable bonds is 6. The minimum absolute atomic E-state index is 0.114. The predicted molar refractivity (Wildman–Crippen MR) is 65.1 cm³/mol. The quantitative estimate of drug-likeness (QED) is 0.644. The van der Waals surface area contributed by atoms with Crippen LogP contribution in [0.3, 0.4) is 0 Å². The molecular weight excluding hydrogens is 274 g/mol. The molecule has 16 heavy (non-hydrogen) atoms. The average molecular weight is 290 g/mol. The molecule has 0 fully saturated rings. The second-order valence-electron chi connectivity index (χ2n) is 3.38. The zero-order valence-electron chi connectivity index (χ0n) is 9.51. The predicted octanol–water partition coefficient (Wildman–Crippen LogP) is 2.04. The number of hydrogen-bond donors (Lipinski definition) is 1. The molecule has 1 aromatic rings. The molecule has 1 rings (SSSR count). The number of alkyl halides is 1. The van der Waals surface area contributed by atoms with E-state index in [2.05, 4.69) is 21.2 Å². The standard InChI is InChI=1S/C11H16BrNO3/c1-8-7-10(9(2)16-8)11(14)13-4-6-15-5-3-12/h7H,3-6H2,1-2H3,(H,13,14). The van der Waals surface area contributed by atoms with Gasteiger partial charge >= 0.3 is 0 Å². The van der Waals surface area contributed by atoms with E-state index in [0.29, 0.717) is 31.1 Å². The Kier molecular flexibility index (Phi) is 5.55. The Morgan fingerprint density at radius 3 is 2.81 bits per heavy atom. The summed E-state index contributed by atoms with van der Waals surface area (Å²) in [5, 5.41) is 3.58. The van der Waals surface area contributed by atoms with Crippen molar-refractivity contribution >= 4 is 21.8 Å². The van der Waals surface area contributed by atoms with E-state index in [-0.39, 0.29) is 5.91 Å². The van der Waals surface area contributed by atoms with Crippen molar-refractivity contribution in [1.29, 1.82) is 0 Å². The first kappa shape index (κ1) is 13.3. The van der Waals surface area contributed by atoms with E-state index in [1.54, 1.807) is 13.0 Å². The molecule has 0 radical (unpaired) electrons. The Hall–Kier alpha value is -0.810. The molecule has 0 atom stereocenters. The highest BCUT2D eigenvalue weighted by Gasteiger charge is 2.12. The summed E-state index contributed by atoms with van der Waals surface area (Å²) in [7, 11) is 0. The number of amides is 1. The smallest absolute Gasteiger partial charge is 0.254 e. The maximum Gasteiger partial charge on any atom is 0.254 e. The topological polar surface area (TPSA) is 51.5 Å². The molecule has 0 aliphatic carbocycles. The van der Waals surface area contributed by atoms with Gasteiger partial charge in [0.1, 0.15) is 11.5 Å². The third-order valence-corrected chi connectivity index (χ3v) is 2.36. The van der Waals surface area contributed by atoms with Gasteiger partial charge in [-0.1, -0.05) is 15.9 Å². The van der Waals surface area contributed by atoms with E-state index in [1.165, 1.54) is 0 Å². The molecule has 0 saturated heterocycles. The highest BCUT2D eigenvalue weighted by molar-refractivity contribution is 9.09. The maximum atomic E-state index is 11.7. The third kappa shape index (κ3) is 3.98. The monoisotopic (exact) mass is 289 g/mol. The Labute approximate surface area is 103 Å². The van der Waals surface area contributed by atoms with Gasteiger partial charge in [-0.25, -0.2) is 0 Å². The van der Waals surface area contributed by atoms with Gasteiger partial charge in [-0.3, -0.25) is 4.79 Å². The maximum absolute atomic E-state index is 11.7. The molecule has 1 N–H and O–H groups in total. The molecule has 5 heteroatoms. The number of carbonyl (C=O) groups excluding carboxylic acids is 1. The molecule has 0 aliphatic rings. The van der Waals surface area contributed by atoms with Gasteiger partial charge in [0.15, 0.2) is 0 Å². The number of carbonyl (C=O) groups is 1. The minimum atomic E-state index is -0.114. The van der Waals surface area contributed by atoms with Gasteiger partial charge in [-0.15, -0.1) is 0 Å². The van der Waals surface area contributed by atoms with Crippen LogP contribution in [0.2, 0.25) is 0 Å². The molecule has 0 aliphatic heterocycles. The van der Waals surface area contributed by atoms with E-state index in [1.807, 2.05) is 6.92 Å². The van der Waals surface area contributed by atoms with Gasteiger partial charge in [-0.05, 0) is 19.9 Å². The normalized spacial score (nSPS) is 10.4. The van der Waals surface area contributed by atoms with Crippen LogP contribution in [0, 0.1) is 13.8 Å². The van der Waals surface area contributed by atoms with E-state index >= 15 is 0 Å². The number of hydrogen-bond acceptors (Lipinski definition) is 3. The second kappa shape index (κ2) is 6.70.